The van der Waals surface area contributed by atoms with Crippen molar-refractivity contribution in [1.82, 2.24) is 0 Å². The topological polar surface area (TPSA) is 185 Å². The summed E-state index contributed by atoms with van der Waals surface area (Å²) in [5.74, 6) is -2.01. The number of rotatable bonds is 36. The third-order valence-electron chi connectivity index (χ3n) is 11.4. The number of aliphatic hydroxyl groups is 7. The Kier molecular flexibility index (Phi) is 29.5. The second kappa shape index (κ2) is 31.5. The molecule has 0 amide bonds. The number of aliphatic hydroxyl groups excluding tert-OH is 5. The number of carbonyl (C=O) groups is 2. The van der Waals surface area contributed by atoms with Crippen molar-refractivity contribution in [3.63, 3.8) is 0 Å². The maximum atomic E-state index is 13.8. The molecule has 0 aromatic carbocycles. The molecule has 7 N–H and O–H groups in total. The van der Waals surface area contributed by atoms with E-state index in [1.165, 1.54) is 77.0 Å². The first-order valence-corrected chi connectivity index (χ1v) is 22.3. The molecule has 1 fully saturated rings. The van der Waals surface area contributed by atoms with Crippen molar-refractivity contribution in [2.24, 2.45) is 0 Å². The third kappa shape index (κ3) is 18.8. The van der Waals surface area contributed by atoms with E-state index in [0.29, 0.717) is 25.7 Å². The van der Waals surface area contributed by atoms with E-state index >= 15 is 0 Å². The molecule has 10 nitrogen and oxygen atoms in total. The van der Waals surface area contributed by atoms with Gasteiger partial charge < -0.3 is 40.5 Å². The number of ether oxygens (including phenoxy) is 1. The van der Waals surface area contributed by atoms with Gasteiger partial charge in [-0.2, -0.15) is 0 Å². The molecule has 322 valence electrons. The average Bonchev–Trinajstić information content (AvgIpc) is 3.19. The van der Waals surface area contributed by atoms with E-state index < -0.39 is 66.5 Å². The largest absolute Gasteiger partial charge is 0.394 e. The zero-order chi connectivity index (χ0) is 40.8. The minimum absolute atomic E-state index is 0.257. The van der Waals surface area contributed by atoms with Crippen molar-refractivity contribution in [2.75, 3.05) is 13.2 Å². The van der Waals surface area contributed by atoms with Gasteiger partial charge in [0.1, 0.15) is 30.5 Å². The maximum absolute atomic E-state index is 13.8. The number of ketones is 2. The van der Waals surface area contributed by atoms with Crippen LogP contribution in [0.4, 0.5) is 0 Å². The standard InChI is InChI=1S/C45H82O10/c1-3-5-7-9-11-13-15-17-19-21-23-25-27-29-31-33-38(48)45(54,44(53,36-47)43-42(52)41(51)40(50)37(35-46)55-43)39(49)34-32-30-28-26-24-22-20-18-16-14-12-10-8-6-4-2/h17-20,37,40-43,46-47,50-54H,3-16,21-36H2,1-2H3/t37-,40-,41+,42-,43?,44?,45?/m1/s1. The SMILES string of the molecule is CCCCCCCCC=CCCCCCCCC(=O)C(O)(C(=O)CCCCCCCC=CCCCCCCCC)C(O)(CO)C1O[C@H](CO)[C@@H](O)[C@H](O)[C@H]1O. The molecule has 2 unspecified atom stereocenters. The Morgan fingerprint density at radius 3 is 1.20 bits per heavy atom. The van der Waals surface area contributed by atoms with Crippen molar-refractivity contribution in [3.05, 3.63) is 24.3 Å². The molecule has 10 heteroatoms. The molecule has 6 atom stereocenters. The fraction of sp³-hybridized carbons (Fsp3) is 0.867. The quantitative estimate of drug-likeness (QED) is 0.0191. The summed E-state index contributed by atoms with van der Waals surface area (Å²) in [6, 6.07) is 0. The molecule has 0 radical (unpaired) electrons. The molecular formula is C45H82O10. The lowest BCUT2D eigenvalue weighted by Gasteiger charge is -2.50. The first kappa shape index (κ1) is 51.5. The maximum Gasteiger partial charge on any atom is 0.215 e. The van der Waals surface area contributed by atoms with E-state index in [-0.39, 0.29) is 12.8 Å². The molecule has 0 spiro atoms. The van der Waals surface area contributed by atoms with E-state index in [2.05, 4.69) is 38.2 Å². The minimum atomic E-state index is -3.16. The Balaban J connectivity index is 2.71. The van der Waals surface area contributed by atoms with Crippen LogP contribution in [0.1, 0.15) is 194 Å². The summed E-state index contributed by atoms with van der Waals surface area (Å²) >= 11 is 0. The molecule has 0 aliphatic carbocycles. The molecule has 1 rings (SSSR count). The highest BCUT2D eigenvalue weighted by atomic mass is 16.6. The van der Waals surface area contributed by atoms with Crippen LogP contribution in [0.2, 0.25) is 0 Å². The van der Waals surface area contributed by atoms with Crippen molar-refractivity contribution in [3.8, 4) is 0 Å². The number of Topliss-reactive ketones (excluding diaryl/α,β-unsaturated/α-hetero) is 2. The van der Waals surface area contributed by atoms with Crippen LogP contribution in [0.25, 0.3) is 0 Å². The Morgan fingerprint density at radius 1 is 0.509 bits per heavy atom. The Labute approximate surface area is 333 Å². The summed E-state index contributed by atoms with van der Waals surface area (Å²) < 4.78 is 5.50. The van der Waals surface area contributed by atoms with Gasteiger partial charge in [0.25, 0.3) is 0 Å². The lowest BCUT2D eigenvalue weighted by molar-refractivity contribution is -0.299. The predicted octanol–water partition coefficient (Wildman–Crippen LogP) is 7.50. The van der Waals surface area contributed by atoms with Gasteiger partial charge in [-0.05, 0) is 64.2 Å². The van der Waals surface area contributed by atoms with E-state index in [9.17, 15) is 45.3 Å². The molecule has 0 bridgehead atoms. The molecule has 1 heterocycles. The summed E-state index contributed by atoms with van der Waals surface area (Å²) in [4.78, 5) is 27.6. The molecular weight excluding hydrogens is 700 g/mol. The molecule has 55 heavy (non-hydrogen) atoms. The van der Waals surface area contributed by atoms with Gasteiger partial charge in [-0.3, -0.25) is 9.59 Å². The van der Waals surface area contributed by atoms with E-state index in [1.807, 2.05) is 0 Å². The van der Waals surface area contributed by atoms with Crippen LogP contribution >= 0.6 is 0 Å². The van der Waals surface area contributed by atoms with Crippen molar-refractivity contribution in [1.29, 1.82) is 0 Å². The van der Waals surface area contributed by atoms with Gasteiger partial charge >= 0.3 is 0 Å². The van der Waals surface area contributed by atoms with Gasteiger partial charge in [-0.25, -0.2) is 0 Å². The first-order valence-electron chi connectivity index (χ1n) is 22.3. The summed E-state index contributed by atoms with van der Waals surface area (Å²) in [6.45, 7) is 2.26. The predicted molar refractivity (Wildman–Crippen MR) is 220 cm³/mol. The van der Waals surface area contributed by atoms with E-state index in [0.717, 1.165) is 64.2 Å². The summed E-state index contributed by atoms with van der Waals surface area (Å²) in [5.41, 5.74) is -6.21. The second-order valence-electron chi connectivity index (χ2n) is 16.1. The van der Waals surface area contributed by atoms with Crippen molar-refractivity contribution >= 4 is 11.6 Å². The monoisotopic (exact) mass is 783 g/mol. The normalized spacial score (nSPS) is 22.7. The number of hydrogen-bond donors (Lipinski definition) is 7. The molecule has 1 aliphatic heterocycles. The van der Waals surface area contributed by atoms with Crippen LogP contribution in [0.3, 0.4) is 0 Å². The van der Waals surface area contributed by atoms with Crippen LogP contribution < -0.4 is 0 Å². The fourth-order valence-corrected chi connectivity index (χ4v) is 7.62. The lowest BCUT2D eigenvalue weighted by atomic mass is 9.68. The van der Waals surface area contributed by atoms with Gasteiger partial charge in [-0.1, -0.05) is 141 Å². The van der Waals surface area contributed by atoms with Crippen LogP contribution in [0.15, 0.2) is 24.3 Å². The number of hydrogen-bond acceptors (Lipinski definition) is 10. The highest BCUT2D eigenvalue weighted by Gasteiger charge is 2.66. The van der Waals surface area contributed by atoms with Crippen LogP contribution in [0, 0.1) is 0 Å². The molecule has 0 aromatic rings. The number of allylic oxidation sites excluding steroid dienone is 4. The molecule has 1 saturated heterocycles. The smallest absolute Gasteiger partial charge is 0.215 e. The second-order valence-corrected chi connectivity index (χ2v) is 16.1. The van der Waals surface area contributed by atoms with Gasteiger partial charge in [0.05, 0.1) is 13.2 Å². The number of unbranched alkanes of at least 4 members (excludes halogenated alkanes) is 22. The van der Waals surface area contributed by atoms with Crippen molar-refractivity contribution in [2.45, 2.75) is 235 Å². The van der Waals surface area contributed by atoms with E-state index in [1.54, 1.807) is 0 Å². The van der Waals surface area contributed by atoms with Crippen LogP contribution in [0.5, 0.6) is 0 Å². The van der Waals surface area contributed by atoms with Gasteiger partial charge in [-0.15, -0.1) is 0 Å². The summed E-state index contributed by atoms with van der Waals surface area (Å²) in [6.07, 6.45) is 26.3. The fourth-order valence-electron chi connectivity index (χ4n) is 7.62. The minimum Gasteiger partial charge on any atom is -0.394 e. The zero-order valence-corrected chi connectivity index (χ0v) is 34.8. The van der Waals surface area contributed by atoms with Gasteiger partial charge in [0.2, 0.25) is 5.60 Å². The lowest BCUT2D eigenvalue weighted by Crippen LogP contribution is -2.76. The highest BCUT2D eigenvalue weighted by Crippen LogP contribution is 2.38. The summed E-state index contributed by atoms with van der Waals surface area (Å²) in [7, 11) is 0. The van der Waals surface area contributed by atoms with E-state index in [4.69, 9.17) is 4.74 Å². The zero-order valence-electron chi connectivity index (χ0n) is 34.8. The van der Waals surface area contributed by atoms with Crippen LogP contribution in [-0.4, -0.2) is 102 Å². The Bertz CT molecular complexity index is 977. The Hall–Kier alpha value is -1.50. The average molecular weight is 783 g/mol. The van der Waals surface area contributed by atoms with Gasteiger partial charge in [0.15, 0.2) is 17.2 Å². The first-order chi connectivity index (χ1) is 26.6. The molecule has 1 aliphatic rings. The molecule has 0 saturated carbocycles. The third-order valence-corrected chi connectivity index (χ3v) is 11.4. The summed E-state index contributed by atoms with van der Waals surface area (Å²) in [5, 5.41) is 75.5. The van der Waals surface area contributed by atoms with Crippen LogP contribution in [-0.2, 0) is 14.3 Å². The van der Waals surface area contributed by atoms with Crippen molar-refractivity contribution < 1.29 is 50.1 Å². The highest BCUT2D eigenvalue weighted by molar-refractivity contribution is 6.11. The van der Waals surface area contributed by atoms with Gasteiger partial charge in [0, 0.05) is 12.8 Å². The number of carbonyl (C=O) groups excluding carboxylic acids is 2. The Morgan fingerprint density at radius 2 is 0.855 bits per heavy atom. The molecule has 0 aromatic heterocycles.